The van der Waals surface area contributed by atoms with E-state index >= 15 is 0 Å². The van der Waals surface area contributed by atoms with E-state index < -0.39 is 0 Å². The second kappa shape index (κ2) is 7.40. The summed E-state index contributed by atoms with van der Waals surface area (Å²) < 4.78 is 8.51. The Morgan fingerprint density at radius 1 is 1.40 bits per heavy atom. The van der Waals surface area contributed by atoms with Gasteiger partial charge in [-0.15, -0.1) is 5.10 Å². The smallest absolute Gasteiger partial charge is 0.133 e. The second-order valence-electron chi connectivity index (χ2n) is 4.54. The van der Waals surface area contributed by atoms with Gasteiger partial charge in [0.1, 0.15) is 12.4 Å². The molecule has 0 fully saturated rings. The summed E-state index contributed by atoms with van der Waals surface area (Å²) >= 11 is 3.50. The van der Waals surface area contributed by atoms with Crippen molar-refractivity contribution in [2.75, 3.05) is 13.2 Å². The zero-order chi connectivity index (χ0) is 14.4. The Bertz CT molecular complexity index is 556. The summed E-state index contributed by atoms with van der Waals surface area (Å²) in [6.07, 6.45) is 1.94. The van der Waals surface area contributed by atoms with E-state index in [0.717, 1.165) is 29.0 Å². The lowest BCUT2D eigenvalue weighted by Gasteiger charge is -2.08. The molecule has 1 aromatic heterocycles. The van der Waals surface area contributed by atoms with Crippen LogP contribution in [0.15, 0.2) is 28.9 Å². The maximum atomic E-state index is 5.73. The fourth-order valence-corrected chi connectivity index (χ4v) is 2.36. The van der Waals surface area contributed by atoms with Crippen molar-refractivity contribution in [2.24, 2.45) is 0 Å². The number of halogens is 1. The van der Waals surface area contributed by atoms with Gasteiger partial charge < -0.3 is 10.1 Å². The van der Waals surface area contributed by atoms with Crippen molar-refractivity contribution in [1.29, 1.82) is 0 Å². The molecular formula is C14H19BrN4O. The first-order valence-corrected chi connectivity index (χ1v) is 7.47. The Kier molecular flexibility index (Phi) is 5.55. The summed E-state index contributed by atoms with van der Waals surface area (Å²) in [6.45, 7) is 7.04. The topological polar surface area (TPSA) is 52.0 Å². The molecule has 1 aromatic carbocycles. The molecule has 0 amide bonds. The maximum Gasteiger partial charge on any atom is 0.133 e. The summed E-state index contributed by atoms with van der Waals surface area (Å²) in [6, 6.07) is 6.04. The highest BCUT2D eigenvalue weighted by Gasteiger charge is 2.03. The Morgan fingerprint density at radius 3 is 3.00 bits per heavy atom. The number of nitrogens with one attached hydrogen (secondary N) is 1. The van der Waals surface area contributed by atoms with E-state index in [4.69, 9.17) is 4.74 Å². The molecule has 0 unspecified atom stereocenters. The minimum Gasteiger partial charge on any atom is -0.490 e. The van der Waals surface area contributed by atoms with Gasteiger partial charge >= 0.3 is 0 Å². The quantitative estimate of drug-likeness (QED) is 0.842. The molecule has 0 spiro atoms. The Morgan fingerprint density at radius 2 is 2.25 bits per heavy atom. The van der Waals surface area contributed by atoms with E-state index in [1.165, 1.54) is 5.56 Å². The normalized spacial score (nSPS) is 10.8. The van der Waals surface area contributed by atoms with Crippen LogP contribution >= 0.6 is 15.9 Å². The molecule has 2 rings (SSSR count). The fourth-order valence-electron chi connectivity index (χ4n) is 1.75. The minimum atomic E-state index is 0.561. The SMILES string of the molecule is CCNCc1cn(CCOc2ccc(C)cc2Br)nn1. The van der Waals surface area contributed by atoms with Gasteiger partial charge in [-0.05, 0) is 47.1 Å². The molecule has 20 heavy (non-hydrogen) atoms. The van der Waals surface area contributed by atoms with Crippen LogP contribution in [0.1, 0.15) is 18.2 Å². The standard InChI is InChI=1S/C14H19BrN4O/c1-3-16-9-12-10-19(18-17-12)6-7-20-14-5-4-11(2)8-13(14)15/h4-5,8,10,16H,3,6-7,9H2,1-2H3. The van der Waals surface area contributed by atoms with Crippen LogP contribution in [0, 0.1) is 6.92 Å². The maximum absolute atomic E-state index is 5.73. The Hall–Kier alpha value is -1.40. The molecular weight excluding hydrogens is 320 g/mol. The first-order chi connectivity index (χ1) is 9.69. The van der Waals surface area contributed by atoms with E-state index in [1.54, 1.807) is 4.68 Å². The highest BCUT2D eigenvalue weighted by Crippen LogP contribution is 2.25. The van der Waals surface area contributed by atoms with Crippen LogP contribution < -0.4 is 10.1 Å². The molecule has 0 radical (unpaired) electrons. The largest absolute Gasteiger partial charge is 0.490 e. The van der Waals surface area contributed by atoms with Gasteiger partial charge in [-0.25, -0.2) is 4.68 Å². The monoisotopic (exact) mass is 338 g/mol. The molecule has 5 nitrogen and oxygen atoms in total. The number of aromatic nitrogens is 3. The van der Waals surface area contributed by atoms with Crippen molar-refractivity contribution in [3.05, 3.63) is 40.1 Å². The number of rotatable bonds is 7. The molecule has 0 atom stereocenters. The predicted molar refractivity (Wildman–Crippen MR) is 81.8 cm³/mol. The van der Waals surface area contributed by atoms with Crippen molar-refractivity contribution < 1.29 is 4.74 Å². The molecule has 2 aromatic rings. The van der Waals surface area contributed by atoms with Gasteiger partial charge in [0, 0.05) is 12.7 Å². The third-order valence-electron chi connectivity index (χ3n) is 2.81. The van der Waals surface area contributed by atoms with E-state index in [2.05, 4.69) is 45.4 Å². The Labute approximate surface area is 127 Å². The lowest BCUT2D eigenvalue weighted by Crippen LogP contribution is -2.12. The van der Waals surface area contributed by atoms with Crippen molar-refractivity contribution in [1.82, 2.24) is 20.3 Å². The van der Waals surface area contributed by atoms with Crippen molar-refractivity contribution in [3.63, 3.8) is 0 Å². The highest BCUT2D eigenvalue weighted by molar-refractivity contribution is 9.10. The van der Waals surface area contributed by atoms with Crippen LogP contribution in [0.5, 0.6) is 5.75 Å². The minimum absolute atomic E-state index is 0.561. The van der Waals surface area contributed by atoms with E-state index in [0.29, 0.717) is 13.2 Å². The van der Waals surface area contributed by atoms with Crippen LogP contribution in [0.3, 0.4) is 0 Å². The summed E-state index contributed by atoms with van der Waals surface area (Å²) in [5, 5.41) is 11.4. The molecule has 0 aliphatic carbocycles. The molecule has 108 valence electrons. The van der Waals surface area contributed by atoms with Crippen molar-refractivity contribution in [3.8, 4) is 5.75 Å². The van der Waals surface area contributed by atoms with Gasteiger partial charge in [0.25, 0.3) is 0 Å². The van der Waals surface area contributed by atoms with Gasteiger partial charge in [0.15, 0.2) is 0 Å². The number of aryl methyl sites for hydroxylation is 1. The highest BCUT2D eigenvalue weighted by atomic mass is 79.9. The van der Waals surface area contributed by atoms with Gasteiger partial charge in [0.2, 0.25) is 0 Å². The summed E-state index contributed by atoms with van der Waals surface area (Å²) in [7, 11) is 0. The number of benzene rings is 1. The predicted octanol–water partition coefficient (Wildman–Crippen LogP) is 2.54. The average molecular weight is 339 g/mol. The Balaban J connectivity index is 1.82. The lowest BCUT2D eigenvalue weighted by atomic mass is 10.2. The second-order valence-corrected chi connectivity index (χ2v) is 5.39. The molecule has 0 aliphatic rings. The number of nitrogens with zero attached hydrogens (tertiary/aromatic N) is 3. The third kappa shape index (κ3) is 4.31. The van der Waals surface area contributed by atoms with Gasteiger partial charge in [-0.3, -0.25) is 0 Å². The van der Waals surface area contributed by atoms with Crippen LogP contribution in [-0.4, -0.2) is 28.1 Å². The van der Waals surface area contributed by atoms with E-state index in [9.17, 15) is 0 Å². The number of hydrogen-bond acceptors (Lipinski definition) is 4. The van der Waals surface area contributed by atoms with Crippen LogP contribution in [0.4, 0.5) is 0 Å². The first kappa shape index (κ1) is 15.0. The molecule has 0 bridgehead atoms. The fraction of sp³-hybridized carbons (Fsp3) is 0.429. The first-order valence-electron chi connectivity index (χ1n) is 6.67. The summed E-state index contributed by atoms with van der Waals surface area (Å²) in [4.78, 5) is 0. The van der Waals surface area contributed by atoms with E-state index in [1.807, 2.05) is 24.4 Å². The van der Waals surface area contributed by atoms with Gasteiger partial charge in [-0.2, -0.15) is 0 Å². The molecule has 1 heterocycles. The van der Waals surface area contributed by atoms with Crippen LogP contribution in [0.25, 0.3) is 0 Å². The zero-order valence-electron chi connectivity index (χ0n) is 11.8. The summed E-state index contributed by atoms with van der Waals surface area (Å²) in [5.74, 6) is 0.851. The van der Waals surface area contributed by atoms with Crippen LogP contribution in [0.2, 0.25) is 0 Å². The van der Waals surface area contributed by atoms with Gasteiger partial charge in [-0.1, -0.05) is 18.2 Å². The van der Waals surface area contributed by atoms with Crippen molar-refractivity contribution >= 4 is 15.9 Å². The number of hydrogen-bond donors (Lipinski definition) is 1. The number of ether oxygens (including phenoxy) is 1. The average Bonchev–Trinajstić information content (AvgIpc) is 2.87. The van der Waals surface area contributed by atoms with E-state index in [-0.39, 0.29) is 0 Å². The zero-order valence-corrected chi connectivity index (χ0v) is 13.4. The molecule has 0 aliphatic heterocycles. The summed E-state index contributed by atoms with van der Waals surface area (Å²) in [5.41, 5.74) is 2.15. The molecule has 0 saturated carbocycles. The molecule has 6 heteroatoms. The lowest BCUT2D eigenvalue weighted by molar-refractivity contribution is 0.288. The van der Waals surface area contributed by atoms with Gasteiger partial charge in [0.05, 0.1) is 16.7 Å². The van der Waals surface area contributed by atoms with Crippen molar-refractivity contribution in [2.45, 2.75) is 26.9 Å². The molecule has 0 saturated heterocycles. The van der Waals surface area contributed by atoms with Crippen LogP contribution in [-0.2, 0) is 13.1 Å². The third-order valence-corrected chi connectivity index (χ3v) is 3.43. The molecule has 1 N–H and O–H groups in total.